The Bertz CT molecular complexity index is 1110. The Morgan fingerprint density at radius 3 is 2.61 bits per heavy atom. The molecule has 4 rings (SSSR count). The normalized spacial score (nSPS) is 11.3. The van der Waals surface area contributed by atoms with Gasteiger partial charge in [0.25, 0.3) is 0 Å². The van der Waals surface area contributed by atoms with Crippen molar-refractivity contribution in [3.05, 3.63) is 90.0 Å². The summed E-state index contributed by atoms with van der Waals surface area (Å²) >= 11 is 0. The first-order valence-corrected chi connectivity index (χ1v) is 9.41. The molecule has 0 saturated carbocycles. The van der Waals surface area contributed by atoms with Crippen LogP contribution in [0.4, 0.5) is 4.79 Å². The fourth-order valence-electron chi connectivity index (χ4n) is 3.22. The van der Waals surface area contributed by atoms with Crippen LogP contribution in [0.3, 0.4) is 0 Å². The highest BCUT2D eigenvalue weighted by molar-refractivity contribution is 6.07. The van der Waals surface area contributed by atoms with E-state index in [2.05, 4.69) is 58.9 Å². The standard InChI is InChI=1S/C24H22N2O2/c27-24(28-17-19-9-2-1-3-10-19)25-15-7-6-8-18-13-14-23-21(16-18)20-11-4-5-12-22(20)26-23/h1-6,8-14,16,26H,7,15,17H2,(H,25,27). The zero-order valence-electron chi connectivity index (χ0n) is 15.5. The monoisotopic (exact) mass is 370 g/mol. The molecule has 3 aromatic carbocycles. The molecule has 4 aromatic rings. The molecule has 28 heavy (non-hydrogen) atoms. The van der Waals surface area contributed by atoms with E-state index in [-0.39, 0.29) is 6.61 Å². The Kier molecular flexibility index (Phi) is 5.38. The van der Waals surface area contributed by atoms with E-state index in [1.165, 1.54) is 10.8 Å². The van der Waals surface area contributed by atoms with Crippen LogP contribution in [-0.4, -0.2) is 17.6 Å². The van der Waals surface area contributed by atoms with E-state index in [1.807, 2.05) is 36.4 Å². The molecule has 1 aromatic heterocycles. The Hall–Kier alpha value is -3.53. The third-order valence-corrected chi connectivity index (χ3v) is 4.63. The molecular weight excluding hydrogens is 348 g/mol. The molecule has 0 aliphatic rings. The second-order valence-corrected chi connectivity index (χ2v) is 6.66. The molecule has 0 fully saturated rings. The van der Waals surface area contributed by atoms with Crippen LogP contribution in [-0.2, 0) is 11.3 Å². The zero-order valence-corrected chi connectivity index (χ0v) is 15.5. The summed E-state index contributed by atoms with van der Waals surface area (Å²) < 4.78 is 5.20. The molecule has 4 nitrogen and oxygen atoms in total. The number of alkyl carbamates (subject to hydrolysis) is 1. The van der Waals surface area contributed by atoms with Gasteiger partial charge in [-0.1, -0.05) is 66.7 Å². The lowest BCUT2D eigenvalue weighted by Gasteiger charge is -2.05. The van der Waals surface area contributed by atoms with E-state index in [4.69, 9.17) is 4.74 Å². The number of amides is 1. The van der Waals surface area contributed by atoms with E-state index >= 15 is 0 Å². The Balaban J connectivity index is 1.28. The smallest absolute Gasteiger partial charge is 0.407 e. The first-order chi connectivity index (χ1) is 13.8. The summed E-state index contributed by atoms with van der Waals surface area (Å²) in [6.07, 6.45) is 4.50. The number of H-pyrrole nitrogens is 1. The SMILES string of the molecule is O=C(NCCC=Cc1ccc2[nH]c3ccccc3c2c1)OCc1ccccc1. The van der Waals surface area contributed by atoms with Crippen molar-refractivity contribution in [2.45, 2.75) is 13.0 Å². The third-order valence-electron chi connectivity index (χ3n) is 4.63. The van der Waals surface area contributed by atoms with Gasteiger partial charge in [0.2, 0.25) is 0 Å². The van der Waals surface area contributed by atoms with Crippen LogP contribution in [0.1, 0.15) is 17.5 Å². The summed E-state index contributed by atoms with van der Waals surface area (Å²) in [7, 11) is 0. The predicted octanol–water partition coefficient (Wildman–Crippen LogP) is 5.65. The number of benzene rings is 3. The van der Waals surface area contributed by atoms with Crippen LogP contribution in [0, 0.1) is 0 Å². The number of hydrogen-bond donors (Lipinski definition) is 2. The number of fused-ring (bicyclic) bond motifs is 3. The van der Waals surface area contributed by atoms with Gasteiger partial charge in [0.15, 0.2) is 0 Å². The molecule has 4 heteroatoms. The highest BCUT2D eigenvalue weighted by Gasteiger charge is 2.03. The van der Waals surface area contributed by atoms with E-state index in [9.17, 15) is 4.79 Å². The van der Waals surface area contributed by atoms with Gasteiger partial charge in [0, 0.05) is 28.4 Å². The Morgan fingerprint density at radius 2 is 1.71 bits per heavy atom. The average molecular weight is 370 g/mol. The highest BCUT2D eigenvalue weighted by atomic mass is 16.5. The summed E-state index contributed by atoms with van der Waals surface area (Å²) in [6, 6.07) is 24.4. The van der Waals surface area contributed by atoms with E-state index in [1.54, 1.807) is 0 Å². The maximum Gasteiger partial charge on any atom is 0.407 e. The van der Waals surface area contributed by atoms with Gasteiger partial charge in [-0.2, -0.15) is 0 Å². The largest absolute Gasteiger partial charge is 0.445 e. The van der Waals surface area contributed by atoms with Crippen molar-refractivity contribution in [2.75, 3.05) is 6.54 Å². The van der Waals surface area contributed by atoms with Crippen LogP contribution in [0.5, 0.6) is 0 Å². The van der Waals surface area contributed by atoms with Crippen molar-refractivity contribution in [3.8, 4) is 0 Å². The second-order valence-electron chi connectivity index (χ2n) is 6.66. The van der Waals surface area contributed by atoms with Crippen molar-refractivity contribution < 1.29 is 9.53 Å². The van der Waals surface area contributed by atoms with Gasteiger partial charge < -0.3 is 15.0 Å². The second kappa shape index (κ2) is 8.44. The molecule has 0 saturated heterocycles. The fourth-order valence-corrected chi connectivity index (χ4v) is 3.22. The van der Waals surface area contributed by atoms with Gasteiger partial charge in [-0.05, 0) is 35.7 Å². The van der Waals surface area contributed by atoms with E-state index in [0.29, 0.717) is 6.54 Å². The number of hydrogen-bond acceptors (Lipinski definition) is 2. The van der Waals surface area contributed by atoms with Crippen molar-refractivity contribution in [3.63, 3.8) is 0 Å². The summed E-state index contributed by atoms with van der Waals surface area (Å²) in [5.74, 6) is 0. The fraction of sp³-hybridized carbons (Fsp3) is 0.125. The molecule has 0 spiro atoms. The lowest BCUT2D eigenvalue weighted by Crippen LogP contribution is -2.24. The van der Waals surface area contributed by atoms with Crippen LogP contribution in [0.15, 0.2) is 78.9 Å². The van der Waals surface area contributed by atoms with Gasteiger partial charge in [-0.25, -0.2) is 4.79 Å². The van der Waals surface area contributed by atoms with Gasteiger partial charge >= 0.3 is 6.09 Å². The quantitative estimate of drug-likeness (QED) is 0.431. The van der Waals surface area contributed by atoms with Crippen molar-refractivity contribution in [1.82, 2.24) is 10.3 Å². The molecule has 0 aliphatic carbocycles. The summed E-state index contributed by atoms with van der Waals surface area (Å²) in [5.41, 5.74) is 4.41. The van der Waals surface area contributed by atoms with Crippen molar-refractivity contribution in [2.24, 2.45) is 0 Å². The molecule has 1 amide bonds. The highest BCUT2D eigenvalue weighted by Crippen LogP contribution is 2.26. The van der Waals surface area contributed by atoms with Crippen LogP contribution < -0.4 is 5.32 Å². The van der Waals surface area contributed by atoms with Gasteiger partial charge in [-0.3, -0.25) is 0 Å². The van der Waals surface area contributed by atoms with E-state index in [0.717, 1.165) is 28.6 Å². The van der Waals surface area contributed by atoms with Gasteiger partial charge in [0.05, 0.1) is 0 Å². The number of carbonyl (C=O) groups is 1. The number of aromatic amines is 1. The minimum Gasteiger partial charge on any atom is -0.445 e. The Labute approximate surface area is 163 Å². The summed E-state index contributed by atoms with van der Waals surface area (Å²) in [6.45, 7) is 0.826. The molecular formula is C24H22N2O2. The Morgan fingerprint density at radius 1 is 0.929 bits per heavy atom. The topological polar surface area (TPSA) is 54.1 Å². The van der Waals surface area contributed by atoms with Crippen molar-refractivity contribution >= 4 is 34.0 Å². The number of rotatable bonds is 6. The number of ether oxygens (including phenoxy) is 1. The number of carbonyl (C=O) groups excluding carboxylic acids is 1. The molecule has 2 N–H and O–H groups in total. The van der Waals surface area contributed by atoms with Crippen LogP contribution in [0.25, 0.3) is 27.9 Å². The third kappa shape index (κ3) is 4.23. The van der Waals surface area contributed by atoms with Gasteiger partial charge in [0.1, 0.15) is 6.61 Å². The van der Waals surface area contributed by atoms with E-state index < -0.39 is 6.09 Å². The lowest BCUT2D eigenvalue weighted by atomic mass is 10.1. The van der Waals surface area contributed by atoms with Gasteiger partial charge in [-0.15, -0.1) is 0 Å². The lowest BCUT2D eigenvalue weighted by molar-refractivity contribution is 0.140. The first kappa shape index (κ1) is 17.9. The molecule has 140 valence electrons. The average Bonchev–Trinajstić information content (AvgIpc) is 3.11. The number of nitrogens with one attached hydrogen (secondary N) is 2. The maximum atomic E-state index is 11.7. The zero-order chi connectivity index (χ0) is 19.2. The predicted molar refractivity (Wildman–Crippen MR) is 114 cm³/mol. The van der Waals surface area contributed by atoms with Crippen LogP contribution >= 0.6 is 0 Å². The molecule has 1 heterocycles. The van der Waals surface area contributed by atoms with Crippen LogP contribution in [0.2, 0.25) is 0 Å². The maximum absolute atomic E-state index is 11.7. The summed E-state index contributed by atoms with van der Waals surface area (Å²) in [5, 5.41) is 5.23. The molecule has 0 unspecified atom stereocenters. The summed E-state index contributed by atoms with van der Waals surface area (Å²) in [4.78, 5) is 15.2. The molecule has 0 radical (unpaired) electrons. The minimum absolute atomic E-state index is 0.285. The first-order valence-electron chi connectivity index (χ1n) is 9.41. The number of para-hydroxylation sites is 1. The molecule has 0 aliphatic heterocycles. The molecule has 0 atom stereocenters. The minimum atomic E-state index is -0.391. The van der Waals surface area contributed by atoms with Crippen molar-refractivity contribution in [1.29, 1.82) is 0 Å². The molecule has 0 bridgehead atoms. The number of aromatic nitrogens is 1.